The average Bonchev–Trinajstić information content (AvgIpc) is 0.722. The predicted molar refractivity (Wildman–Crippen MR) is 38.5 cm³/mol. The molecule has 0 fully saturated rings. The van der Waals surface area contributed by atoms with Gasteiger partial charge in [-0.25, -0.2) is 0 Å². The van der Waals surface area contributed by atoms with Gasteiger partial charge in [-0.05, 0) is 0 Å². The van der Waals surface area contributed by atoms with Gasteiger partial charge in [0, 0.05) is 0 Å². The van der Waals surface area contributed by atoms with E-state index in [9.17, 15) is 0 Å². The monoisotopic (exact) mass is 314 g/mol. The molecule has 0 aromatic carbocycles. The fraction of sp³-hybridized carbons (Fsp3) is 0. The van der Waals surface area contributed by atoms with E-state index in [-0.39, 0.29) is 103 Å². The summed E-state index contributed by atoms with van der Waals surface area (Å²) >= 11 is 0. The van der Waals surface area contributed by atoms with Gasteiger partial charge in [-0.2, -0.15) is 8.42 Å². The van der Waals surface area contributed by atoms with Crippen molar-refractivity contribution in [2.45, 2.75) is 0 Å². The summed E-state index contributed by atoms with van der Waals surface area (Å²) in [4.78, 5) is 0. The molecular weight excluding hydrogens is 307 g/mol. The van der Waals surface area contributed by atoms with Crippen LogP contribution in [0.3, 0.4) is 0 Å². The Labute approximate surface area is 128 Å². The summed E-state index contributed by atoms with van der Waals surface area (Å²) in [7, 11) is -4.67. The number of halogens is 1. The molecule has 0 aromatic heterocycles. The molecule has 0 atom stereocenters. The molecule has 0 amide bonds. The van der Waals surface area contributed by atoms with Crippen LogP contribution < -0.4 is 0 Å². The minimum absolute atomic E-state index is 0. The molecule has 0 aliphatic rings. The van der Waals surface area contributed by atoms with Crippen LogP contribution in [0.5, 0.6) is 0 Å². The number of rotatable bonds is 0. The van der Waals surface area contributed by atoms with Gasteiger partial charge in [0.15, 0.2) is 0 Å². The van der Waals surface area contributed by atoms with Crippen molar-refractivity contribution in [1.82, 2.24) is 0 Å². The molecular formula is H7ClO4SSr2. The summed E-state index contributed by atoms with van der Waals surface area (Å²) in [6.07, 6.45) is 0. The van der Waals surface area contributed by atoms with Gasteiger partial charge < -0.3 is 0 Å². The van der Waals surface area contributed by atoms with Crippen LogP contribution in [0.2, 0.25) is 0 Å². The van der Waals surface area contributed by atoms with Gasteiger partial charge in [0.05, 0.1) is 0 Å². The van der Waals surface area contributed by atoms with E-state index in [0.717, 1.165) is 0 Å². The topological polar surface area (TPSA) is 74.6 Å². The quantitative estimate of drug-likeness (QED) is 0.398. The standard InChI is InChI=1S/ClH.H2O4S.2Sr.4H/c;1-5(2,3)4;;;;;;/h1H;(H2,1,2,3,4);;;;;;. The van der Waals surface area contributed by atoms with E-state index in [2.05, 4.69) is 0 Å². The van der Waals surface area contributed by atoms with Gasteiger partial charge in [-0.3, -0.25) is 9.11 Å². The zero-order valence-electron chi connectivity index (χ0n) is 2.53. The van der Waals surface area contributed by atoms with E-state index in [1.807, 2.05) is 0 Å². The third-order valence-electron chi connectivity index (χ3n) is 0. The second kappa shape index (κ2) is 10.1. The molecule has 8 heteroatoms. The third-order valence-corrected chi connectivity index (χ3v) is 0. The molecule has 0 saturated heterocycles. The summed E-state index contributed by atoms with van der Waals surface area (Å²) in [5.41, 5.74) is 0. The fourth-order valence-electron chi connectivity index (χ4n) is 0. The fourth-order valence-corrected chi connectivity index (χ4v) is 0. The Balaban J connectivity index is -0.0000000267. The molecule has 0 bridgehead atoms. The Hall–Kier alpha value is 3.12. The average molecular weight is 314 g/mol. The first kappa shape index (κ1) is 22.5. The van der Waals surface area contributed by atoms with Crippen molar-refractivity contribution in [2.24, 2.45) is 0 Å². The van der Waals surface area contributed by atoms with Gasteiger partial charge in [0.2, 0.25) is 0 Å². The number of hydrogen-bond acceptors (Lipinski definition) is 2. The molecule has 0 heterocycles. The SMILES string of the molecule is Cl.O=S(=O)(O)O.[SrH2].[SrH2]. The zero-order chi connectivity index (χ0) is 4.50. The summed E-state index contributed by atoms with van der Waals surface area (Å²) in [6.45, 7) is 0. The zero-order valence-corrected chi connectivity index (χ0v) is 4.16. The molecule has 0 aliphatic heterocycles. The summed E-state index contributed by atoms with van der Waals surface area (Å²) < 4.78 is 31.6. The van der Waals surface area contributed by atoms with E-state index in [0.29, 0.717) is 0 Å². The van der Waals surface area contributed by atoms with Crippen molar-refractivity contribution in [3.05, 3.63) is 0 Å². The molecule has 0 rings (SSSR count). The maximum atomic E-state index is 8.74. The number of hydrogen-bond donors (Lipinski definition) is 2. The van der Waals surface area contributed by atoms with Crippen LogP contribution in [0, 0.1) is 0 Å². The molecule has 0 saturated carbocycles. The first-order valence-corrected chi connectivity index (χ1v) is 2.10. The molecule has 48 valence electrons. The van der Waals surface area contributed by atoms with E-state index >= 15 is 0 Å². The van der Waals surface area contributed by atoms with Crippen molar-refractivity contribution >= 4 is 114 Å². The Morgan fingerprint density at radius 1 is 1.00 bits per heavy atom. The van der Waals surface area contributed by atoms with Gasteiger partial charge in [-0.15, -0.1) is 12.4 Å². The maximum absolute atomic E-state index is 8.74. The molecule has 8 heavy (non-hydrogen) atoms. The summed E-state index contributed by atoms with van der Waals surface area (Å²) in [5, 5.41) is 0. The van der Waals surface area contributed by atoms with Crippen LogP contribution in [-0.4, -0.2) is 108 Å². The first-order chi connectivity index (χ1) is 2.00. The van der Waals surface area contributed by atoms with Crippen LogP contribution in [0.15, 0.2) is 0 Å². The molecule has 4 nitrogen and oxygen atoms in total. The predicted octanol–water partition coefficient (Wildman–Crippen LogP) is -2.06. The van der Waals surface area contributed by atoms with E-state index in [4.69, 9.17) is 17.5 Å². The van der Waals surface area contributed by atoms with Crippen LogP contribution in [0.4, 0.5) is 0 Å². The van der Waals surface area contributed by atoms with Crippen LogP contribution in [0.25, 0.3) is 0 Å². The van der Waals surface area contributed by atoms with Gasteiger partial charge >= 0.3 is 101 Å². The minimum atomic E-state index is -4.67. The van der Waals surface area contributed by atoms with Crippen molar-refractivity contribution in [2.75, 3.05) is 0 Å². The first-order valence-electron chi connectivity index (χ1n) is 0.698. The van der Waals surface area contributed by atoms with E-state index in [1.54, 1.807) is 0 Å². The molecule has 0 aromatic rings. The second-order valence-electron chi connectivity index (χ2n) is 0.448. The van der Waals surface area contributed by atoms with Gasteiger partial charge in [-0.1, -0.05) is 0 Å². The van der Waals surface area contributed by atoms with E-state index < -0.39 is 10.4 Å². The molecule has 0 unspecified atom stereocenters. The van der Waals surface area contributed by atoms with Crippen molar-refractivity contribution in [1.29, 1.82) is 0 Å². The van der Waals surface area contributed by atoms with Crippen molar-refractivity contribution in [3.63, 3.8) is 0 Å². The van der Waals surface area contributed by atoms with Crippen molar-refractivity contribution < 1.29 is 17.5 Å². The summed E-state index contributed by atoms with van der Waals surface area (Å²) in [5.74, 6) is 0. The Morgan fingerprint density at radius 3 is 1.00 bits per heavy atom. The molecule has 0 spiro atoms. The second-order valence-corrected chi connectivity index (χ2v) is 1.34. The Kier molecular flexibility index (Phi) is 28.4. The molecule has 0 radical (unpaired) electrons. The van der Waals surface area contributed by atoms with Crippen LogP contribution >= 0.6 is 12.4 Å². The molecule has 0 aliphatic carbocycles. The summed E-state index contributed by atoms with van der Waals surface area (Å²) in [6, 6.07) is 0. The normalized spacial score (nSPS) is 7.25. The van der Waals surface area contributed by atoms with Crippen LogP contribution in [-0.2, 0) is 10.4 Å². The van der Waals surface area contributed by atoms with E-state index in [1.165, 1.54) is 0 Å². The Bertz CT molecular complexity index is 97.2. The molecule has 2 N–H and O–H groups in total. The Morgan fingerprint density at radius 2 is 1.00 bits per heavy atom. The van der Waals surface area contributed by atoms with Crippen LogP contribution in [0.1, 0.15) is 0 Å². The van der Waals surface area contributed by atoms with Gasteiger partial charge in [0.25, 0.3) is 0 Å². The van der Waals surface area contributed by atoms with Crippen molar-refractivity contribution in [3.8, 4) is 0 Å². The van der Waals surface area contributed by atoms with Gasteiger partial charge in [0.1, 0.15) is 0 Å². The third kappa shape index (κ3) is 61.8.